The average molecular weight is 291 g/mol. The minimum Gasteiger partial charge on any atom is -0.351 e. The van der Waals surface area contributed by atoms with E-state index in [9.17, 15) is 0 Å². The third-order valence-corrected chi connectivity index (χ3v) is 3.21. The number of aliphatic imine (C=N–C) groups is 1. The molecule has 1 aromatic heterocycles. The van der Waals surface area contributed by atoms with Gasteiger partial charge in [-0.2, -0.15) is 0 Å². The van der Waals surface area contributed by atoms with E-state index >= 15 is 0 Å². The van der Waals surface area contributed by atoms with Crippen LogP contribution in [0.1, 0.15) is 25.5 Å². The molecule has 17 heavy (non-hydrogen) atoms. The molecule has 0 saturated heterocycles. The standard InChI is InChI=1S/C14H15BrN2/c1-11(2)17-8-7-12(10-17)9-16-14-6-4-3-5-13(14)15/h3-11H,1-2H3. The van der Waals surface area contributed by atoms with Crippen LogP contribution in [0.2, 0.25) is 0 Å². The molecule has 0 fully saturated rings. The van der Waals surface area contributed by atoms with Crippen molar-refractivity contribution in [2.75, 3.05) is 0 Å². The largest absolute Gasteiger partial charge is 0.351 e. The van der Waals surface area contributed by atoms with Gasteiger partial charge in [-0.25, -0.2) is 0 Å². The van der Waals surface area contributed by atoms with Crippen molar-refractivity contribution in [1.29, 1.82) is 0 Å². The molecule has 0 unspecified atom stereocenters. The van der Waals surface area contributed by atoms with Crippen molar-refractivity contribution in [2.24, 2.45) is 4.99 Å². The molecule has 0 atom stereocenters. The van der Waals surface area contributed by atoms with Crippen LogP contribution < -0.4 is 0 Å². The summed E-state index contributed by atoms with van der Waals surface area (Å²) in [6, 6.07) is 10.5. The number of rotatable bonds is 3. The first kappa shape index (κ1) is 12.1. The van der Waals surface area contributed by atoms with E-state index < -0.39 is 0 Å². The zero-order valence-electron chi connectivity index (χ0n) is 9.97. The number of hydrogen-bond acceptors (Lipinski definition) is 1. The van der Waals surface area contributed by atoms with Gasteiger partial charge in [-0.1, -0.05) is 12.1 Å². The van der Waals surface area contributed by atoms with E-state index in [-0.39, 0.29) is 0 Å². The highest BCUT2D eigenvalue weighted by molar-refractivity contribution is 9.10. The Balaban J connectivity index is 2.18. The Morgan fingerprint density at radius 1 is 1.24 bits per heavy atom. The smallest absolute Gasteiger partial charge is 0.0771 e. The van der Waals surface area contributed by atoms with Gasteiger partial charge in [0.2, 0.25) is 0 Å². The Labute approximate surface area is 110 Å². The summed E-state index contributed by atoms with van der Waals surface area (Å²) in [5.74, 6) is 0. The zero-order valence-corrected chi connectivity index (χ0v) is 11.6. The summed E-state index contributed by atoms with van der Waals surface area (Å²) in [6.45, 7) is 4.32. The third-order valence-electron chi connectivity index (χ3n) is 2.54. The predicted octanol–water partition coefficient (Wildman–Crippen LogP) is 4.58. The van der Waals surface area contributed by atoms with Gasteiger partial charge in [0, 0.05) is 34.7 Å². The maximum atomic E-state index is 4.46. The summed E-state index contributed by atoms with van der Waals surface area (Å²) in [7, 11) is 0. The number of halogens is 1. The molecule has 0 spiro atoms. The Hall–Kier alpha value is -1.35. The highest BCUT2D eigenvalue weighted by Gasteiger charge is 1.98. The molecule has 88 valence electrons. The molecule has 0 saturated carbocycles. The lowest BCUT2D eigenvalue weighted by atomic mass is 10.3. The minimum absolute atomic E-state index is 0.487. The fraction of sp³-hybridized carbons (Fsp3) is 0.214. The van der Waals surface area contributed by atoms with E-state index in [1.54, 1.807) is 0 Å². The van der Waals surface area contributed by atoms with Gasteiger partial charge in [0.05, 0.1) is 5.69 Å². The SMILES string of the molecule is CC(C)n1ccc(C=Nc2ccccc2Br)c1. The van der Waals surface area contributed by atoms with Crippen molar-refractivity contribution in [3.8, 4) is 0 Å². The molecule has 2 nitrogen and oxygen atoms in total. The number of para-hydroxylation sites is 1. The normalized spacial score (nSPS) is 11.5. The number of hydrogen-bond donors (Lipinski definition) is 0. The maximum Gasteiger partial charge on any atom is 0.0771 e. The molecule has 0 aliphatic rings. The Bertz CT molecular complexity index is 527. The summed E-state index contributed by atoms with van der Waals surface area (Å²) in [5.41, 5.74) is 2.07. The van der Waals surface area contributed by atoms with E-state index in [1.165, 1.54) is 0 Å². The van der Waals surface area contributed by atoms with Gasteiger partial charge in [0.15, 0.2) is 0 Å². The van der Waals surface area contributed by atoms with E-state index in [2.05, 4.69) is 57.8 Å². The van der Waals surface area contributed by atoms with E-state index in [0.717, 1.165) is 15.7 Å². The zero-order chi connectivity index (χ0) is 12.3. The molecular formula is C14H15BrN2. The van der Waals surface area contributed by atoms with Crippen LogP contribution in [-0.4, -0.2) is 10.8 Å². The maximum absolute atomic E-state index is 4.46. The Morgan fingerprint density at radius 2 is 2.00 bits per heavy atom. The molecule has 1 heterocycles. The quantitative estimate of drug-likeness (QED) is 0.736. The van der Waals surface area contributed by atoms with E-state index in [0.29, 0.717) is 6.04 Å². The molecule has 0 N–H and O–H groups in total. The lowest BCUT2D eigenvalue weighted by Crippen LogP contribution is -1.95. The van der Waals surface area contributed by atoms with Gasteiger partial charge in [-0.3, -0.25) is 4.99 Å². The van der Waals surface area contributed by atoms with E-state index in [4.69, 9.17) is 0 Å². The first-order valence-corrected chi connectivity index (χ1v) is 6.42. The fourth-order valence-corrected chi connectivity index (χ4v) is 1.92. The second kappa shape index (κ2) is 5.32. The summed E-state index contributed by atoms with van der Waals surface area (Å²) in [6.07, 6.45) is 6.07. The first-order valence-electron chi connectivity index (χ1n) is 5.63. The lowest BCUT2D eigenvalue weighted by molar-refractivity contribution is 0.603. The molecule has 0 aliphatic heterocycles. The molecule has 1 aromatic carbocycles. The monoisotopic (exact) mass is 290 g/mol. The van der Waals surface area contributed by atoms with Crippen LogP contribution in [0.15, 0.2) is 52.2 Å². The first-order chi connectivity index (χ1) is 8.16. The highest BCUT2D eigenvalue weighted by Crippen LogP contribution is 2.24. The van der Waals surface area contributed by atoms with Crippen molar-refractivity contribution in [3.63, 3.8) is 0 Å². The summed E-state index contributed by atoms with van der Waals surface area (Å²) < 4.78 is 3.18. The summed E-state index contributed by atoms with van der Waals surface area (Å²) in [4.78, 5) is 4.46. The average Bonchev–Trinajstić information content (AvgIpc) is 2.77. The second-order valence-electron chi connectivity index (χ2n) is 4.20. The minimum atomic E-state index is 0.487. The number of aromatic nitrogens is 1. The molecule has 0 amide bonds. The van der Waals surface area contributed by atoms with Crippen molar-refractivity contribution in [2.45, 2.75) is 19.9 Å². The third kappa shape index (κ3) is 3.07. The molecular weight excluding hydrogens is 276 g/mol. The van der Waals surface area contributed by atoms with Crippen LogP contribution >= 0.6 is 15.9 Å². The van der Waals surface area contributed by atoms with Gasteiger partial charge in [0.25, 0.3) is 0 Å². The van der Waals surface area contributed by atoms with Gasteiger partial charge in [0.1, 0.15) is 0 Å². The predicted molar refractivity (Wildman–Crippen MR) is 76.2 cm³/mol. The molecule has 0 bridgehead atoms. The van der Waals surface area contributed by atoms with Crippen LogP contribution in [0.25, 0.3) is 0 Å². The van der Waals surface area contributed by atoms with Gasteiger partial charge >= 0.3 is 0 Å². The molecule has 0 aliphatic carbocycles. The highest BCUT2D eigenvalue weighted by atomic mass is 79.9. The molecule has 2 aromatic rings. The molecule has 0 radical (unpaired) electrons. The summed E-state index contributed by atoms with van der Waals surface area (Å²) in [5, 5.41) is 0. The van der Waals surface area contributed by atoms with Crippen molar-refractivity contribution < 1.29 is 0 Å². The number of nitrogens with zero attached hydrogens (tertiary/aromatic N) is 2. The van der Waals surface area contributed by atoms with Gasteiger partial charge < -0.3 is 4.57 Å². The van der Waals surface area contributed by atoms with Crippen LogP contribution in [0.4, 0.5) is 5.69 Å². The molecule has 2 rings (SSSR count). The van der Waals surface area contributed by atoms with Crippen molar-refractivity contribution in [1.82, 2.24) is 4.57 Å². The second-order valence-corrected chi connectivity index (χ2v) is 5.05. The van der Waals surface area contributed by atoms with E-state index in [1.807, 2.05) is 30.5 Å². The number of benzene rings is 1. The van der Waals surface area contributed by atoms with Crippen molar-refractivity contribution >= 4 is 27.8 Å². The van der Waals surface area contributed by atoms with Crippen molar-refractivity contribution in [3.05, 3.63) is 52.8 Å². The fourth-order valence-electron chi connectivity index (χ4n) is 1.53. The van der Waals surface area contributed by atoms with Crippen LogP contribution in [0.5, 0.6) is 0 Å². The van der Waals surface area contributed by atoms with Crippen LogP contribution in [0.3, 0.4) is 0 Å². The van der Waals surface area contributed by atoms with Gasteiger partial charge in [-0.15, -0.1) is 0 Å². The Kier molecular flexibility index (Phi) is 3.79. The topological polar surface area (TPSA) is 17.3 Å². The van der Waals surface area contributed by atoms with Gasteiger partial charge in [-0.05, 0) is 48.0 Å². The molecule has 3 heteroatoms. The van der Waals surface area contributed by atoms with Crippen LogP contribution in [-0.2, 0) is 0 Å². The van der Waals surface area contributed by atoms with Crippen LogP contribution in [0, 0.1) is 0 Å². The Morgan fingerprint density at radius 3 is 2.65 bits per heavy atom. The summed E-state index contributed by atoms with van der Waals surface area (Å²) >= 11 is 3.48. The lowest BCUT2D eigenvalue weighted by Gasteiger charge is -2.04.